The van der Waals surface area contributed by atoms with Gasteiger partial charge in [0.05, 0.1) is 23.4 Å². The monoisotopic (exact) mass is 853 g/mol. The van der Waals surface area contributed by atoms with Crippen molar-refractivity contribution in [2.75, 3.05) is 54.6 Å². The molecule has 0 saturated carbocycles. The van der Waals surface area contributed by atoms with Gasteiger partial charge < -0.3 is 14.7 Å². The first-order valence-electron chi connectivity index (χ1n) is 21.4. The second kappa shape index (κ2) is 18.1. The van der Waals surface area contributed by atoms with Crippen LogP contribution in [0.25, 0.3) is 22.4 Å². The summed E-state index contributed by atoms with van der Waals surface area (Å²) in [4.78, 5) is 66.0. The highest BCUT2D eigenvalue weighted by Gasteiger charge is 2.36. The average Bonchev–Trinajstić information content (AvgIpc) is 3.72. The third-order valence-corrected chi connectivity index (χ3v) is 14.1. The van der Waals surface area contributed by atoms with Gasteiger partial charge in [0.15, 0.2) is 5.82 Å². The first kappa shape index (κ1) is 42.0. The summed E-state index contributed by atoms with van der Waals surface area (Å²) in [6.45, 7) is 5.37. The molecule has 322 valence electrons. The number of likely N-dealkylation sites (tertiary alicyclic amines) is 2. The smallest absolute Gasteiger partial charge is 0.234 e. The van der Waals surface area contributed by atoms with Crippen LogP contribution in [0, 0.1) is 17.7 Å². The third kappa shape index (κ3) is 9.31. The summed E-state index contributed by atoms with van der Waals surface area (Å²) in [6.07, 6.45) is 12.0. The largest absolute Gasteiger partial charge is 0.357 e. The van der Waals surface area contributed by atoms with Crippen molar-refractivity contribution in [2.24, 2.45) is 11.8 Å². The third-order valence-electron chi connectivity index (χ3n) is 12.6. The quantitative estimate of drug-likeness (QED) is 0.192. The second-order valence-electron chi connectivity index (χ2n) is 16.6. The van der Waals surface area contributed by atoms with Gasteiger partial charge in [0.1, 0.15) is 11.5 Å². The van der Waals surface area contributed by atoms with Crippen LogP contribution in [-0.2, 0) is 29.2 Å². The Balaban J connectivity index is 0.835. The SMILES string of the molecule is CCCS(=O)(=O)Nc1cccc(-c2cn(C3CCN(C(=O)C4CCN(C(=O)C5CCN(c6ccc([C@H]7CCC(=O)NC7=O)cn6)CC5)CC4)CC3)nc2-c2ccncc2)c1F. The Kier molecular flexibility index (Phi) is 12.5. The average molecular weight is 854 g/mol. The van der Waals surface area contributed by atoms with Crippen molar-refractivity contribution in [1.82, 2.24) is 34.9 Å². The molecule has 1 aromatic carbocycles. The van der Waals surface area contributed by atoms with E-state index in [1.807, 2.05) is 32.8 Å². The first-order chi connectivity index (χ1) is 29.5. The minimum atomic E-state index is -3.71. The molecule has 15 nitrogen and oxygen atoms in total. The van der Waals surface area contributed by atoms with Gasteiger partial charge in [0.2, 0.25) is 33.7 Å². The van der Waals surface area contributed by atoms with Crippen LogP contribution in [-0.4, -0.2) is 107 Å². The van der Waals surface area contributed by atoms with E-state index < -0.39 is 15.8 Å². The van der Waals surface area contributed by atoms with Crippen LogP contribution >= 0.6 is 0 Å². The minimum Gasteiger partial charge on any atom is -0.357 e. The Hall–Kier alpha value is -5.71. The molecule has 17 heteroatoms. The van der Waals surface area contributed by atoms with Crippen LogP contribution < -0.4 is 14.9 Å². The topological polar surface area (TPSA) is 180 Å². The summed E-state index contributed by atoms with van der Waals surface area (Å²) in [5.41, 5.74) is 2.73. The van der Waals surface area contributed by atoms with Gasteiger partial charge in [-0.05, 0) is 81.2 Å². The number of anilines is 2. The van der Waals surface area contributed by atoms with Gasteiger partial charge in [0, 0.05) is 99.0 Å². The molecule has 2 N–H and O–H groups in total. The maximum Gasteiger partial charge on any atom is 0.234 e. The van der Waals surface area contributed by atoms with Crippen molar-refractivity contribution in [3.8, 4) is 22.4 Å². The van der Waals surface area contributed by atoms with E-state index in [4.69, 9.17) is 5.10 Å². The molecule has 0 bridgehead atoms. The molecule has 4 aromatic rings. The summed E-state index contributed by atoms with van der Waals surface area (Å²) in [5.74, 6) is -0.831. The number of imide groups is 1. The van der Waals surface area contributed by atoms with E-state index in [1.165, 1.54) is 6.07 Å². The van der Waals surface area contributed by atoms with Crippen LogP contribution in [0.5, 0.6) is 0 Å². The van der Waals surface area contributed by atoms with E-state index in [9.17, 15) is 27.6 Å². The van der Waals surface area contributed by atoms with E-state index in [2.05, 4.69) is 24.9 Å². The predicted octanol–water partition coefficient (Wildman–Crippen LogP) is 5.14. The van der Waals surface area contributed by atoms with Crippen molar-refractivity contribution in [3.05, 3.63) is 78.6 Å². The number of hydrogen-bond donors (Lipinski definition) is 2. The summed E-state index contributed by atoms with van der Waals surface area (Å²) in [7, 11) is -3.71. The van der Waals surface area contributed by atoms with E-state index >= 15 is 4.39 Å². The van der Waals surface area contributed by atoms with Gasteiger partial charge in [0.25, 0.3) is 0 Å². The standard InChI is InChI=1S/C44H52FN9O6S/c1-2-26-61(59,60)50-37-5-3-4-35(40(37)45)36-28-54(49-41(36)29-10-18-46-19-11-29)33-16-24-53(25-17-33)44(58)31-14-22-52(23-15-31)43(57)30-12-20-51(21-13-30)38-8-6-32(27-47-38)34-7-9-39(55)48-42(34)56/h3-6,8,10-11,18-19,27-28,30-31,33-34,50H,2,7,9,12-17,20-26H2,1H3,(H,48,55,56)/t34-/m1/s1. The molecule has 0 aliphatic carbocycles. The summed E-state index contributed by atoms with van der Waals surface area (Å²) < 4.78 is 45.3. The van der Waals surface area contributed by atoms with E-state index in [-0.39, 0.29) is 64.4 Å². The number of carbonyl (C=O) groups is 4. The lowest BCUT2D eigenvalue weighted by atomic mass is 9.90. The molecule has 1 atom stereocenters. The molecule has 4 fully saturated rings. The lowest BCUT2D eigenvalue weighted by Crippen LogP contribution is -2.49. The lowest BCUT2D eigenvalue weighted by Gasteiger charge is -2.39. The van der Waals surface area contributed by atoms with E-state index in [0.717, 1.165) is 16.9 Å². The van der Waals surface area contributed by atoms with Crippen molar-refractivity contribution < 1.29 is 32.0 Å². The zero-order chi connectivity index (χ0) is 42.7. The number of amides is 4. The maximum atomic E-state index is 16.0. The van der Waals surface area contributed by atoms with Crippen molar-refractivity contribution in [3.63, 3.8) is 0 Å². The molecule has 4 saturated heterocycles. The zero-order valence-electron chi connectivity index (χ0n) is 34.3. The Labute approximate surface area is 355 Å². The van der Waals surface area contributed by atoms with E-state index in [0.29, 0.717) is 108 Å². The van der Waals surface area contributed by atoms with Crippen LogP contribution in [0.1, 0.15) is 82.2 Å². The fourth-order valence-corrected chi connectivity index (χ4v) is 10.3. The van der Waals surface area contributed by atoms with Crippen LogP contribution in [0.3, 0.4) is 0 Å². The minimum absolute atomic E-state index is 0.0356. The molecule has 7 heterocycles. The summed E-state index contributed by atoms with van der Waals surface area (Å²) in [6, 6.07) is 12.0. The number of nitrogens with zero attached hydrogens (tertiary/aromatic N) is 7. The fourth-order valence-electron chi connectivity index (χ4n) is 9.18. The number of piperidine rings is 4. The summed E-state index contributed by atoms with van der Waals surface area (Å²) in [5, 5.41) is 7.34. The van der Waals surface area contributed by atoms with Crippen LogP contribution in [0.2, 0.25) is 0 Å². The van der Waals surface area contributed by atoms with Crippen molar-refractivity contribution >= 4 is 45.2 Å². The van der Waals surface area contributed by atoms with Gasteiger partial charge in [-0.3, -0.25) is 38.9 Å². The molecule has 4 aliphatic rings. The highest BCUT2D eigenvalue weighted by Crippen LogP contribution is 2.38. The fraction of sp³-hybridized carbons (Fsp3) is 0.477. The predicted molar refractivity (Wildman–Crippen MR) is 227 cm³/mol. The molecule has 4 amide bonds. The zero-order valence-corrected chi connectivity index (χ0v) is 35.2. The first-order valence-corrected chi connectivity index (χ1v) is 23.0. The Bertz CT molecular complexity index is 2350. The lowest BCUT2D eigenvalue weighted by molar-refractivity contribution is -0.143. The number of aromatic nitrogens is 4. The van der Waals surface area contributed by atoms with Gasteiger partial charge in [-0.2, -0.15) is 5.10 Å². The number of pyridine rings is 2. The molecule has 0 spiro atoms. The van der Waals surface area contributed by atoms with Gasteiger partial charge in [-0.25, -0.2) is 17.8 Å². The second-order valence-corrected chi connectivity index (χ2v) is 18.4. The maximum absolute atomic E-state index is 16.0. The van der Waals surface area contributed by atoms with Crippen LogP contribution in [0.4, 0.5) is 15.9 Å². The molecule has 3 aromatic heterocycles. The van der Waals surface area contributed by atoms with Gasteiger partial charge >= 0.3 is 0 Å². The number of carbonyl (C=O) groups excluding carboxylic acids is 4. The number of hydrogen-bond acceptors (Lipinski definition) is 10. The molecule has 61 heavy (non-hydrogen) atoms. The molecule has 4 aliphatic heterocycles. The number of nitrogens with one attached hydrogen (secondary N) is 2. The Morgan fingerprint density at radius 2 is 1.49 bits per heavy atom. The normalized spacial score (nSPS) is 19.8. The number of rotatable bonds is 11. The molecule has 0 radical (unpaired) electrons. The Morgan fingerprint density at radius 3 is 2.11 bits per heavy atom. The highest BCUT2D eigenvalue weighted by molar-refractivity contribution is 7.92. The van der Waals surface area contributed by atoms with Gasteiger partial charge in [-0.1, -0.05) is 25.1 Å². The Morgan fingerprint density at radius 1 is 0.836 bits per heavy atom. The molecular formula is C44H52FN9O6S. The van der Waals surface area contributed by atoms with Gasteiger partial charge in [-0.15, -0.1) is 0 Å². The molecule has 8 rings (SSSR count). The molecular weight excluding hydrogens is 802 g/mol. The number of benzene rings is 1. The van der Waals surface area contributed by atoms with Crippen LogP contribution in [0.15, 0.2) is 67.3 Å². The highest BCUT2D eigenvalue weighted by atomic mass is 32.2. The summed E-state index contributed by atoms with van der Waals surface area (Å²) >= 11 is 0. The van der Waals surface area contributed by atoms with E-state index in [1.54, 1.807) is 49.8 Å². The van der Waals surface area contributed by atoms with Crippen molar-refractivity contribution in [1.29, 1.82) is 0 Å². The van der Waals surface area contributed by atoms with Crippen molar-refractivity contribution in [2.45, 2.75) is 76.7 Å². The number of sulfonamides is 1. The molecule has 0 unspecified atom stereocenters. The number of halogens is 1.